The molecule has 7 heteroatoms. The SMILES string of the molecule is COC(=O)[C@@H]1N[C@H](c2cccc(C)c2)[C@@H](N)[C@@H]1C(F)(F)F. The molecule has 2 rings (SSSR count). The molecule has 1 aromatic carbocycles. The van der Waals surface area contributed by atoms with Gasteiger partial charge in [0.25, 0.3) is 0 Å². The van der Waals surface area contributed by atoms with Crippen LogP contribution in [-0.2, 0) is 9.53 Å². The molecule has 1 fully saturated rings. The maximum atomic E-state index is 13.2. The van der Waals surface area contributed by atoms with Gasteiger partial charge in [-0.25, -0.2) is 0 Å². The van der Waals surface area contributed by atoms with Crippen LogP contribution in [0.25, 0.3) is 0 Å². The lowest BCUT2D eigenvalue weighted by molar-refractivity contribution is -0.187. The number of aryl methyl sites for hydroxylation is 1. The summed E-state index contributed by atoms with van der Waals surface area (Å²) >= 11 is 0. The van der Waals surface area contributed by atoms with Crippen molar-refractivity contribution in [1.29, 1.82) is 0 Å². The van der Waals surface area contributed by atoms with E-state index in [2.05, 4.69) is 10.1 Å². The first-order valence-corrected chi connectivity index (χ1v) is 6.48. The standard InChI is InChI=1S/C14H17F3N2O2/c1-7-4-3-5-8(6-7)11-10(18)9(14(15,16)17)12(19-11)13(20)21-2/h3-6,9-12,19H,18H2,1-2H3/t9-,10-,11+,12+/m0/s1. The summed E-state index contributed by atoms with van der Waals surface area (Å²) in [6.07, 6.45) is -4.58. The number of rotatable bonds is 2. The number of hydrogen-bond donors (Lipinski definition) is 2. The van der Waals surface area contributed by atoms with Gasteiger partial charge in [-0.05, 0) is 12.5 Å². The van der Waals surface area contributed by atoms with Gasteiger partial charge in [0.15, 0.2) is 0 Å². The van der Waals surface area contributed by atoms with E-state index < -0.39 is 36.2 Å². The van der Waals surface area contributed by atoms with Gasteiger partial charge in [-0.2, -0.15) is 13.2 Å². The smallest absolute Gasteiger partial charge is 0.395 e. The second-order valence-electron chi connectivity index (χ2n) is 5.20. The summed E-state index contributed by atoms with van der Waals surface area (Å²) in [5.41, 5.74) is 7.32. The summed E-state index contributed by atoms with van der Waals surface area (Å²) in [6.45, 7) is 1.84. The second kappa shape index (κ2) is 5.65. The highest BCUT2D eigenvalue weighted by Gasteiger charge is 2.58. The van der Waals surface area contributed by atoms with E-state index in [1.807, 2.05) is 13.0 Å². The van der Waals surface area contributed by atoms with E-state index in [0.717, 1.165) is 12.7 Å². The molecule has 0 aromatic heterocycles. The van der Waals surface area contributed by atoms with E-state index in [-0.39, 0.29) is 0 Å². The molecular formula is C14H17F3N2O2. The van der Waals surface area contributed by atoms with Crippen LogP contribution in [0.4, 0.5) is 13.2 Å². The van der Waals surface area contributed by atoms with Crippen molar-refractivity contribution in [2.75, 3.05) is 7.11 Å². The molecule has 0 radical (unpaired) electrons. The fraction of sp³-hybridized carbons (Fsp3) is 0.500. The molecule has 1 aromatic rings. The van der Waals surface area contributed by atoms with Crippen LogP contribution < -0.4 is 11.1 Å². The number of methoxy groups -OCH3 is 1. The van der Waals surface area contributed by atoms with Gasteiger partial charge in [0.1, 0.15) is 6.04 Å². The fourth-order valence-corrected chi connectivity index (χ4v) is 2.77. The van der Waals surface area contributed by atoms with Gasteiger partial charge in [0.2, 0.25) is 0 Å². The summed E-state index contributed by atoms with van der Waals surface area (Å²) in [4.78, 5) is 11.6. The Morgan fingerprint density at radius 2 is 2.05 bits per heavy atom. The largest absolute Gasteiger partial charge is 0.468 e. The number of hydrogen-bond acceptors (Lipinski definition) is 4. The molecule has 3 N–H and O–H groups in total. The lowest BCUT2D eigenvalue weighted by Crippen LogP contribution is -2.46. The number of nitrogens with two attached hydrogens (primary N) is 1. The van der Waals surface area contributed by atoms with Gasteiger partial charge in [-0.15, -0.1) is 0 Å². The first-order chi connectivity index (χ1) is 9.75. The van der Waals surface area contributed by atoms with Crippen molar-refractivity contribution in [3.05, 3.63) is 35.4 Å². The highest BCUT2D eigenvalue weighted by atomic mass is 19.4. The maximum absolute atomic E-state index is 13.2. The molecule has 1 aliphatic heterocycles. The van der Waals surface area contributed by atoms with Crippen LogP contribution in [0.2, 0.25) is 0 Å². The number of alkyl halides is 3. The quantitative estimate of drug-likeness (QED) is 0.816. The van der Waals surface area contributed by atoms with Crippen LogP contribution in [0.15, 0.2) is 24.3 Å². The van der Waals surface area contributed by atoms with Crippen LogP contribution >= 0.6 is 0 Å². The maximum Gasteiger partial charge on any atom is 0.395 e. The average Bonchev–Trinajstić information content (AvgIpc) is 2.75. The molecule has 0 bridgehead atoms. The lowest BCUT2D eigenvalue weighted by atomic mass is 9.90. The molecule has 0 aliphatic carbocycles. The molecule has 1 saturated heterocycles. The summed E-state index contributed by atoms with van der Waals surface area (Å²) in [5.74, 6) is -2.93. The van der Waals surface area contributed by atoms with Gasteiger partial charge in [-0.1, -0.05) is 29.8 Å². The summed E-state index contributed by atoms with van der Waals surface area (Å²) < 4.78 is 44.1. The third-order valence-corrected chi connectivity index (χ3v) is 3.75. The van der Waals surface area contributed by atoms with Crippen molar-refractivity contribution in [2.24, 2.45) is 11.7 Å². The van der Waals surface area contributed by atoms with Crippen LogP contribution in [0, 0.1) is 12.8 Å². The summed E-state index contributed by atoms with van der Waals surface area (Å²) in [6, 6.07) is 3.53. The molecule has 0 unspecified atom stereocenters. The van der Waals surface area contributed by atoms with Crippen molar-refractivity contribution < 1.29 is 22.7 Å². The number of nitrogens with one attached hydrogen (secondary N) is 1. The third kappa shape index (κ3) is 3.03. The van der Waals surface area contributed by atoms with Crippen molar-refractivity contribution >= 4 is 5.97 Å². The zero-order valence-electron chi connectivity index (χ0n) is 11.6. The van der Waals surface area contributed by atoms with E-state index in [0.29, 0.717) is 5.56 Å². The Kier molecular flexibility index (Phi) is 4.25. The van der Waals surface area contributed by atoms with E-state index in [4.69, 9.17) is 5.73 Å². The van der Waals surface area contributed by atoms with Gasteiger partial charge in [0.05, 0.1) is 13.0 Å². The zero-order valence-corrected chi connectivity index (χ0v) is 11.6. The Morgan fingerprint density at radius 1 is 1.38 bits per heavy atom. The molecule has 0 amide bonds. The zero-order chi connectivity index (χ0) is 15.8. The Balaban J connectivity index is 2.36. The minimum absolute atomic E-state index is 0.628. The molecule has 0 spiro atoms. The highest BCUT2D eigenvalue weighted by Crippen LogP contribution is 2.41. The average molecular weight is 302 g/mol. The predicted molar refractivity (Wildman–Crippen MR) is 70.4 cm³/mol. The van der Waals surface area contributed by atoms with Gasteiger partial charge in [-0.3, -0.25) is 10.1 Å². The highest BCUT2D eigenvalue weighted by molar-refractivity contribution is 5.77. The minimum Gasteiger partial charge on any atom is -0.468 e. The molecule has 1 aliphatic rings. The van der Waals surface area contributed by atoms with Crippen LogP contribution in [0.5, 0.6) is 0 Å². The number of benzene rings is 1. The van der Waals surface area contributed by atoms with E-state index >= 15 is 0 Å². The number of esters is 1. The summed E-state index contributed by atoms with van der Waals surface area (Å²) in [7, 11) is 1.06. The first-order valence-electron chi connectivity index (χ1n) is 6.48. The van der Waals surface area contributed by atoms with Crippen molar-refractivity contribution in [2.45, 2.75) is 31.2 Å². The van der Waals surface area contributed by atoms with E-state index in [1.54, 1.807) is 18.2 Å². The van der Waals surface area contributed by atoms with E-state index in [9.17, 15) is 18.0 Å². The Morgan fingerprint density at radius 3 is 2.57 bits per heavy atom. The van der Waals surface area contributed by atoms with Crippen LogP contribution in [0.3, 0.4) is 0 Å². The number of halogens is 3. The lowest BCUT2D eigenvalue weighted by Gasteiger charge is -2.23. The van der Waals surface area contributed by atoms with Crippen molar-refractivity contribution in [1.82, 2.24) is 5.32 Å². The van der Waals surface area contributed by atoms with Gasteiger partial charge >= 0.3 is 12.1 Å². The molecule has 0 saturated carbocycles. The third-order valence-electron chi connectivity index (χ3n) is 3.75. The van der Waals surface area contributed by atoms with E-state index in [1.165, 1.54) is 0 Å². The van der Waals surface area contributed by atoms with Crippen molar-refractivity contribution in [3.63, 3.8) is 0 Å². The van der Waals surface area contributed by atoms with Crippen LogP contribution in [-0.4, -0.2) is 31.3 Å². The number of carbonyl (C=O) groups is 1. The Hall–Kier alpha value is -1.60. The Labute approximate surface area is 120 Å². The van der Waals surface area contributed by atoms with Gasteiger partial charge in [0, 0.05) is 12.1 Å². The molecule has 21 heavy (non-hydrogen) atoms. The Bertz CT molecular complexity index is 533. The molecule has 4 nitrogen and oxygen atoms in total. The number of ether oxygens (including phenoxy) is 1. The topological polar surface area (TPSA) is 64.3 Å². The predicted octanol–water partition coefficient (Wildman–Crippen LogP) is 1.69. The van der Waals surface area contributed by atoms with Crippen molar-refractivity contribution in [3.8, 4) is 0 Å². The van der Waals surface area contributed by atoms with Gasteiger partial charge < -0.3 is 10.5 Å². The number of carbonyl (C=O) groups excluding carboxylic acids is 1. The molecular weight excluding hydrogens is 285 g/mol. The van der Waals surface area contributed by atoms with Crippen LogP contribution in [0.1, 0.15) is 17.2 Å². The molecule has 1 heterocycles. The normalized spacial score (nSPS) is 29.4. The first kappa shape index (κ1) is 15.8. The molecule has 116 valence electrons. The fourth-order valence-electron chi connectivity index (χ4n) is 2.77. The monoisotopic (exact) mass is 302 g/mol. The second-order valence-corrected chi connectivity index (χ2v) is 5.20. The minimum atomic E-state index is -4.58. The summed E-state index contributed by atoms with van der Waals surface area (Å²) in [5, 5.41) is 2.67. The molecule has 4 atom stereocenters.